The Hall–Kier alpha value is -1.13. The van der Waals surface area contributed by atoms with E-state index in [4.69, 9.17) is 9.72 Å². The van der Waals surface area contributed by atoms with Crippen molar-refractivity contribution < 1.29 is 4.74 Å². The number of hydrogen-bond acceptors (Lipinski definition) is 3. The van der Waals surface area contributed by atoms with Gasteiger partial charge in [-0.2, -0.15) is 0 Å². The van der Waals surface area contributed by atoms with E-state index >= 15 is 0 Å². The largest absolute Gasteiger partial charge is 0.375 e. The molecule has 2 aromatic rings. The molecule has 0 bridgehead atoms. The summed E-state index contributed by atoms with van der Waals surface area (Å²) in [6, 6.07) is 10.4. The molecule has 1 saturated heterocycles. The van der Waals surface area contributed by atoms with Gasteiger partial charge in [-0.25, -0.2) is 4.98 Å². The van der Waals surface area contributed by atoms with Crippen LogP contribution in [0.4, 0.5) is 5.82 Å². The molecule has 1 aliphatic rings. The molecule has 1 aromatic heterocycles. The molecule has 18 heavy (non-hydrogen) atoms. The van der Waals surface area contributed by atoms with Crippen LogP contribution in [-0.2, 0) is 4.74 Å². The molecular formula is C14H15BrN2O. The van der Waals surface area contributed by atoms with Gasteiger partial charge in [-0.15, -0.1) is 0 Å². The van der Waals surface area contributed by atoms with Crippen molar-refractivity contribution in [1.82, 2.24) is 4.98 Å². The zero-order chi connectivity index (χ0) is 12.5. The van der Waals surface area contributed by atoms with E-state index in [0.29, 0.717) is 0 Å². The van der Waals surface area contributed by atoms with Crippen LogP contribution in [0.1, 0.15) is 6.92 Å². The number of hydrogen-bond donors (Lipinski definition) is 0. The third-order valence-corrected chi connectivity index (χ3v) is 3.86. The molecule has 0 spiro atoms. The van der Waals surface area contributed by atoms with Gasteiger partial charge in [0.05, 0.1) is 18.2 Å². The van der Waals surface area contributed by atoms with Gasteiger partial charge >= 0.3 is 0 Å². The van der Waals surface area contributed by atoms with Crippen molar-refractivity contribution in [1.29, 1.82) is 0 Å². The second-order valence-corrected chi connectivity index (χ2v) is 5.46. The van der Waals surface area contributed by atoms with Crippen LogP contribution < -0.4 is 4.90 Å². The van der Waals surface area contributed by atoms with Gasteiger partial charge in [-0.1, -0.05) is 12.1 Å². The predicted octanol–water partition coefficient (Wildman–Crippen LogP) is 3.22. The van der Waals surface area contributed by atoms with E-state index < -0.39 is 0 Å². The lowest BCUT2D eigenvalue weighted by Crippen LogP contribution is -2.41. The quantitative estimate of drug-likeness (QED) is 0.809. The number of anilines is 1. The fourth-order valence-corrected chi connectivity index (χ4v) is 2.77. The molecule has 0 amide bonds. The van der Waals surface area contributed by atoms with E-state index in [1.165, 1.54) is 0 Å². The molecule has 3 rings (SSSR count). The summed E-state index contributed by atoms with van der Waals surface area (Å²) in [6.45, 7) is 4.69. The third kappa shape index (κ3) is 2.22. The van der Waals surface area contributed by atoms with Gasteiger partial charge in [0.25, 0.3) is 0 Å². The summed E-state index contributed by atoms with van der Waals surface area (Å²) in [5, 5.41) is 1.16. The summed E-state index contributed by atoms with van der Waals surface area (Å²) in [7, 11) is 0. The van der Waals surface area contributed by atoms with Gasteiger partial charge in [-0.3, -0.25) is 0 Å². The molecule has 1 unspecified atom stereocenters. The topological polar surface area (TPSA) is 25.4 Å². The minimum atomic E-state index is 0.274. The maximum atomic E-state index is 5.56. The molecular weight excluding hydrogens is 292 g/mol. The fraction of sp³-hybridized carbons (Fsp3) is 0.357. The Kier molecular flexibility index (Phi) is 3.22. The molecule has 94 valence electrons. The van der Waals surface area contributed by atoms with Gasteiger partial charge in [0.1, 0.15) is 5.82 Å². The van der Waals surface area contributed by atoms with Crippen molar-refractivity contribution in [2.75, 3.05) is 24.6 Å². The van der Waals surface area contributed by atoms with E-state index in [9.17, 15) is 0 Å². The van der Waals surface area contributed by atoms with Crippen LogP contribution in [0.15, 0.2) is 34.8 Å². The molecule has 1 atom stereocenters. The van der Waals surface area contributed by atoms with Crippen LogP contribution in [0.3, 0.4) is 0 Å². The highest BCUT2D eigenvalue weighted by Crippen LogP contribution is 2.25. The van der Waals surface area contributed by atoms with Gasteiger partial charge in [0, 0.05) is 22.9 Å². The minimum absolute atomic E-state index is 0.274. The van der Waals surface area contributed by atoms with Gasteiger partial charge < -0.3 is 9.64 Å². The number of rotatable bonds is 1. The Balaban J connectivity index is 1.99. The van der Waals surface area contributed by atoms with Crippen LogP contribution in [0.5, 0.6) is 0 Å². The highest BCUT2D eigenvalue weighted by Gasteiger charge is 2.18. The van der Waals surface area contributed by atoms with Crippen molar-refractivity contribution in [3.63, 3.8) is 0 Å². The highest BCUT2D eigenvalue weighted by atomic mass is 79.9. The first-order chi connectivity index (χ1) is 8.74. The molecule has 1 fully saturated rings. The van der Waals surface area contributed by atoms with Crippen molar-refractivity contribution >= 4 is 32.7 Å². The molecule has 4 heteroatoms. The Morgan fingerprint density at radius 2 is 2.22 bits per heavy atom. The lowest BCUT2D eigenvalue weighted by Gasteiger charge is -2.32. The first-order valence-corrected chi connectivity index (χ1v) is 6.95. The average molecular weight is 307 g/mol. The smallest absolute Gasteiger partial charge is 0.129 e. The number of morpholine rings is 1. The highest BCUT2D eigenvalue weighted by molar-refractivity contribution is 9.10. The molecule has 2 heterocycles. The third-order valence-electron chi connectivity index (χ3n) is 3.22. The number of benzene rings is 1. The number of para-hydroxylation sites is 1. The van der Waals surface area contributed by atoms with Gasteiger partial charge in [-0.05, 0) is 41.1 Å². The second kappa shape index (κ2) is 4.86. The molecule has 3 nitrogen and oxygen atoms in total. The van der Waals surface area contributed by atoms with E-state index in [0.717, 1.165) is 40.9 Å². The molecule has 0 aliphatic carbocycles. The summed E-state index contributed by atoms with van der Waals surface area (Å²) in [6.07, 6.45) is 0.274. The summed E-state index contributed by atoms with van der Waals surface area (Å²) < 4.78 is 6.61. The molecule has 0 radical (unpaired) electrons. The zero-order valence-corrected chi connectivity index (χ0v) is 11.9. The van der Waals surface area contributed by atoms with Crippen LogP contribution in [0.2, 0.25) is 0 Å². The van der Waals surface area contributed by atoms with Crippen LogP contribution >= 0.6 is 15.9 Å². The van der Waals surface area contributed by atoms with Crippen LogP contribution in [0.25, 0.3) is 10.9 Å². The van der Waals surface area contributed by atoms with E-state index in [1.54, 1.807) is 0 Å². The molecule has 0 N–H and O–H groups in total. The lowest BCUT2D eigenvalue weighted by molar-refractivity contribution is 0.0529. The normalized spacial score (nSPS) is 20.3. The number of pyridine rings is 1. The zero-order valence-electron chi connectivity index (χ0n) is 10.3. The van der Waals surface area contributed by atoms with Crippen LogP contribution in [-0.4, -0.2) is 30.8 Å². The van der Waals surface area contributed by atoms with Crippen molar-refractivity contribution in [3.05, 3.63) is 34.8 Å². The van der Waals surface area contributed by atoms with Crippen molar-refractivity contribution in [3.8, 4) is 0 Å². The monoisotopic (exact) mass is 306 g/mol. The second-order valence-electron chi connectivity index (χ2n) is 4.61. The lowest BCUT2D eigenvalue weighted by atomic mass is 10.2. The first-order valence-electron chi connectivity index (χ1n) is 6.16. The van der Waals surface area contributed by atoms with E-state index in [1.807, 2.05) is 12.1 Å². The van der Waals surface area contributed by atoms with E-state index in [-0.39, 0.29) is 6.10 Å². The Morgan fingerprint density at radius 1 is 1.33 bits per heavy atom. The molecule has 1 aliphatic heterocycles. The van der Waals surface area contributed by atoms with Crippen molar-refractivity contribution in [2.45, 2.75) is 13.0 Å². The molecule has 0 saturated carbocycles. The van der Waals surface area contributed by atoms with E-state index in [2.05, 4.69) is 46.0 Å². The summed E-state index contributed by atoms with van der Waals surface area (Å²) in [5.74, 6) is 1.03. The minimum Gasteiger partial charge on any atom is -0.375 e. The Bertz CT molecular complexity index is 573. The van der Waals surface area contributed by atoms with Gasteiger partial charge in [0.15, 0.2) is 0 Å². The maximum Gasteiger partial charge on any atom is 0.129 e. The Morgan fingerprint density at radius 3 is 3.06 bits per heavy atom. The molecule has 1 aromatic carbocycles. The Labute approximate surface area is 115 Å². The number of ether oxygens (including phenoxy) is 1. The summed E-state index contributed by atoms with van der Waals surface area (Å²) in [5.41, 5.74) is 1.02. The fourth-order valence-electron chi connectivity index (χ4n) is 2.30. The first kappa shape index (κ1) is 11.9. The summed E-state index contributed by atoms with van der Waals surface area (Å²) in [4.78, 5) is 7.04. The van der Waals surface area contributed by atoms with Crippen molar-refractivity contribution in [2.24, 2.45) is 0 Å². The average Bonchev–Trinajstić information content (AvgIpc) is 2.39. The predicted molar refractivity (Wildman–Crippen MR) is 77.1 cm³/mol. The summed E-state index contributed by atoms with van der Waals surface area (Å²) >= 11 is 3.56. The van der Waals surface area contributed by atoms with Gasteiger partial charge in [0.2, 0.25) is 0 Å². The maximum absolute atomic E-state index is 5.56. The number of fused-ring (bicyclic) bond motifs is 1. The number of halogens is 1. The number of aromatic nitrogens is 1. The standard InChI is InChI=1S/C14H15BrN2O/c1-10-9-17(7-8-18-10)13-6-5-11-3-2-4-12(15)14(11)16-13/h2-6,10H,7-9H2,1H3. The van der Waals surface area contributed by atoms with Crippen LogP contribution in [0, 0.1) is 0 Å². The number of nitrogens with zero attached hydrogens (tertiary/aromatic N) is 2. The SMILES string of the molecule is CC1CN(c2ccc3cccc(Br)c3n2)CCO1.